The van der Waals surface area contributed by atoms with Crippen LogP contribution in [0.2, 0.25) is 5.02 Å². The molecule has 1 aliphatic heterocycles. The lowest BCUT2D eigenvalue weighted by Gasteiger charge is -2.29. The molecule has 0 saturated heterocycles. The number of fused-ring (bicyclic) bond motifs is 1. The Hall–Kier alpha value is -4.96. The number of imide groups is 1. The maximum absolute atomic E-state index is 14.8. The van der Waals surface area contributed by atoms with Crippen molar-refractivity contribution in [1.29, 1.82) is 0 Å². The predicted molar refractivity (Wildman–Crippen MR) is 141 cm³/mol. The van der Waals surface area contributed by atoms with Crippen molar-refractivity contribution in [3.8, 4) is 17.4 Å². The summed E-state index contributed by atoms with van der Waals surface area (Å²) in [6.45, 7) is 1.83. The van der Waals surface area contributed by atoms with E-state index < -0.39 is 34.6 Å². The molecule has 40 heavy (non-hydrogen) atoms. The molecular formula is C29H20ClFN2O7. The zero-order chi connectivity index (χ0) is 28.3. The lowest BCUT2D eigenvalue weighted by atomic mass is 9.87. The van der Waals surface area contributed by atoms with Gasteiger partial charge in [-0.15, -0.1) is 0 Å². The number of carbonyl (C=O) groups is 3. The molecule has 1 atom stereocenters. The van der Waals surface area contributed by atoms with E-state index in [0.29, 0.717) is 4.90 Å². The minimum absolute atomic E-state index is 0.0502. The third-order valence-electron chi connectivity index (χ3n) is 5.91. The Labute approximate surface area is 232 Å². The summed E-state index contributed by atoms with van der Waals surface area (Å²) in [5, 5.41) is -0.393. The quantitative estimate of drug-likeness (QED) is 0.200. The minimum Gasteiger partial charge on any atom is -0.478 e. The highest BCUT2D eigenvalue weighted by atomic mass is 35.5. The van der Waals surface area contributed by atoms with Gasteiger partial charge in [-0.25, -0.2) is 23.9 Å². The molecule has 3 aromatic carbocycles. The average Bonchev–Trinajstić information content (AvgIpc) is 3.17. The molecule has 1 aliphatic rings. The van der Waals surface area contributed by atoms with Crippen LogP contribution < -0.4 is 19.1 Å². The van der Waals surface area contributed by atoms with Crippen molar-refractivity contribution in [2.45, 2.75) is 12.5 Å². The Balaban J connectivity index is 1.69. The van der Waals surface area contributed by atoms with Gasteiger partial charge in [0.2, 0.25) is 5.88 Å². The van der Waals surface area contributed by atoms with E-state index in [1.807, 2.05) is 0 Å². The van der Waals surface area contributed by atoms with Crippen LogP contribution in [0.5, 0.6) is 17.4 Å². The summed E-state index contributed by atoms with van der Waals surface area (Å²) in [5.41, 5.74) is -2.86. The number of amides is 2. The highest BCUT2D eigenvalue weighted by Gasteiger charge is 2.60. The first-order valence-electron chi connectivity index (χ1n) is 12.0. The first-order valence-corrected chi connectivity index (χ1v) is 12.4. The highest BCUT2D eigenvalue weighted by molar-refractivity contribution is 6.31. The van der Waals surface area contributed by atoms with Crippen LogP contribution in [-0.4, -0.2) is 29.7 Å². The zero-order valence-corrected chi connectivity index (χ0v) is 21.6. The Morgan fingerprint density at radius 1 is 0.925 bits per heavy atom. The number of hydrogen-bond donors (Lipinski definition) is 0. The molecule has 0 bridgehead atoms. The number of hydrogen-bond acceptors (Lipinski definition) is 8. The van der Waals surface area contributed by atoms with Gasteiger partial charge in [0, 0.05) is 17.8 Å². The first kappa shape index (κ1) is 26.6. The Bertz CT molecular complexity index is 1590. The van der Waals surface area contributed by atoms with Crippen LogP contribution in [0.15, 0.2) is 91.1 Å². The van der Waals surface area contributed by atoms with E-state index >= 15 is 0 Å². The van der Waals surface area contributed by atoms with Gasteiger partial charge in [-0.1, -0.05) is 48.0 Å². The number of aromatic nitrogens is 1. The van der Waals surface area contributed by atoms with Crippen molar-refractivity contribution in [2.24, 2.45) is 0 Å². The maximum Gasteiger partial charge on any atom is 0.515 e. The number of pyridine rings is 1. The van der Waals surface area contributed by atoms with Crippen LogP contribution in [0.3, 0.4) is 0 Å². The molecule has 0 radical (unpaired) electrons. The summed E-state index contributed by atoms with van der Waals surface area (Å²) < 4.78 is 36.9. The van der Waals surface area contributed by atoms with Gasteiger partial charge in [0.25, 0.3) is 11.5 Å². The summed E-state index contributed by atoms with van der Waals surface area (Å²) >= 11 is 6.14. The van der Waals surface area contributed by atoms with Crippen molar-refractivity contribution in [2.75, 3.05) is 11.5 Å². The molecule has 0 saturated carbocycles. The molecule has 0 fully saturated rings. The second-order valence-electron chi connectivity index (χ2n) is 8.34. The molecule has 1 unspecified atom stereocenters. The van der Waals surface area contributed by atoms with Gasteiger partial charge in [-0.3, -0.25) is 4.79 Å². The average molecular weight is 563 g/mol. The molecular weight excluding hydrogens is 543 g/mol. The number of anilines is 1. The van der Waals surface area contributed by atoms with Crippen LogP contribution in [-0.2, 0) is 15.1 Å². The molecule has 5 rings (SSSR count). The normalized spacial score (nSPS) is 15.8. The highest BCUT2D eigenvalue weighted by Crippen LogP contribution is 2.51. The van der Waals surface area contributed by atoms with Gasteiger partial charge in [0.05, 0.1) is 22.9 Å². The first-order chi connectivity index (χ1) is 19.3. The monoisotopic (exact) mass is 562 g/mol. The lowest BCUT2D eigenvalue weighted by molar-refractivity contribution is -0.133. The standard InChI is InChI=1S/C29H20ClFN2O7/c1-2-37-25-20(14-9-15-32-25)29(40-28(36)39-19-12-7-4-8-13-19)21-16-22(30)23(31)17-24(21)33(26(29)34)27(35)38-18-10-5-3-6-11-18/h3-17H,2H2,1H3. The van der Waals surface area contributed by atoms with Crippen molar-refractivity contribution in [3.63, 3.8) is 0 Å². The summed E-state index contributed by atoms with van der Waals surface area (Å²) in [6, 6.07) is 20.8. The molecule has 2 heterocycles. The number of benzene rings is 3. The van der Waals surface area contributed by atoms with Gasteiger partial charge in [0.15, 0.2) is 0 Å². The fourth-order valence-electron chi connectivity index (χ4n) is 4.26. The minimum atomic E-state index is -2.42. The van der Waals surface area contributed by atoms with E-state index in [-0.39, 0.29) is 40.8 Å². The van der Waals surface area contributed by atoms with Crippen LogP contribution in [0.1, 0.15) is 18.1 Å². The summed E-state index contributed by atoms with van der Waals surface area (Å²) in [4.78, 5) is 45.7. The summed E-state index contributed by atoms with van der Waals surface area (Å²) in [5.74, 6) is -1.86. The van der Waals surface area contributed by atoms with Crippen molar-refractivity contribution < 1.29 is 37.7 Å². The largest absolute Gasteiger partial charge is 0.515 e. The zero-order valence-electron chi connectivity index (χ0n) is 20.9. The topological polar surface area (TPSA) is 104 Å². The third kappa shape index (κ3) is 4.80. The Morgan fingerprint density at radius 2 is 1.57 bits per heavy atom. The van der Waals surface area contributed by atoms with Crippen LogP contribution in [0.4, 0.5) is 19.7 Å². The SMILES string of the molecule is CCOc1ncccc1C1(OC(=O)Oc2ccccc2)C(=O)N(C(=O)Oc2ccccc2)c2cc(F)c(Cl)cc21. The van der Waals surface area contributed by atoms with Crippen LogP contribution in [0.25, 0.3) is 0 Å². The van der Waals surface area contributed by atoms with E-state index in [9.17, 15) is 18.8 Å². The van der Waals surface area contributed by atoms with Gasteiger partial charge < -0.3 is 18.9 Å². The number of carbonyl (C=O) groups excluding carboxylic acids is 3. The second kappa shape index (κ2) is 11.0. The van der Waals surface area contributed by atoms with E-state index in [4.69, 9.17) is 30.5 Å². The van der Waals surface area contributed by atoms with E-state index in [1.165, 1.54) is 42.6 Å². The fourth-order valence-corrected chi connectivity index (χ4v) is 4.42. The number of nitrogens with zero attached hydrogens (tertiary/aromatic N) is 2. The molecule has 0 aliphatic carbocycles. The van der Waals surface area contributed by atoms with E-state index in [1.54, 1.807) is 43.3 Å². The predicted octanol–water partition coefficient (Wildman–Crippen LogP) is 6.28. The second-order valence-corrected chi connectivity index (χ2v) is 8.75. The lowest BCUT2D eigenvalue weighted by Crippen LogP contribution is -2.48. The molecule has 0 spiro atoms. The summed E-state index contributed by atoms with van der Waals surface area (Å²) in [6.07, 6.45) is -1.07. The van der Waals surface area contributed by atoms with Crippen LogP contribution in [0, 0.1) is 5.82 Å². The molecule has 1 aromatic heterocycles. The number of halogens is 2. The Kier molecular flexibility index (Phi) is 7.35. The smallest absolute Gasteiger partial charge is 0.478 e. The third-order valence-corrected chi connectivity index (χ3v) is 6.20. The molecule has 9 nitrogen and oxygen atoms in total. The Morgan fingerprint density at radius 3 is 2.23 bits per heavy atom. The fraction of sp³-hybridized carbons (Fsp3) is 0.103. The molecule has 11 heteroatoms. The molecule has 4 aromatic rings. The molecule has 0 N–H and O–H groups in total. The summed E-state index contributed by atoms with van der Waals surface area (Å²) in [7, 11) is 0. The van der Waals surface area contributed by atoms with E-state index in [0.717, 1.165) is 12.1 Å². The van der Waals surface area contributed by atoms with Crippen molar-refractivity contribution in [3.05, 3.63) is 113 Å². The molecule has 2 amide bonds. The van der Waals surface area contributed by atoms with E-state index in [2.05, 4.69) is 4.98 Å². The van der Waals surface area contributed by atoms with Gasteiger partial charge in [-0.2, -0.15) is 0 Å². The maximum atomic E-state index is 14.8. The van der Waals surface area contributed by atoms with Gasteiger partial charge in [-0.05, 0) is 49.4 Å². The number of para-hydroxylation sites is 2. The van der Waals surface area contributed by atoms with Gasteiger partial charge in [0.1, 0.15) is 17.3 Å². The van der Waals surface area contributed by atoms with Crippen molar-refractivity contribution in [1.82, 2.24) is 4.98 Å². The van der Waals surface area contributed by atoms with Crippen LogP contribution >= 0.6 is 11.6 Å². The van der Waals surface area contributed by atoms with Crippen molar-refractivity contribution >= 4 is 35.4 Å². The number of rotatable bonds is 6. The molecule has 202 valence electrons. The number of ether oxygens (including phenoxy) is 4. The van der Waals surface area contributed by atoms with Gasteiger partial charge >= 0.3 is 12.2 Å².